The molecule has 2 heterocycles. The van der Waals surface area contributed by atoms with Crippen molar-refractivity contribution in [2.24, 2.45) is 0 Å². The zero-order chi connectivity index (χ0) is 28.8. The Bertz CT molecular complexity index is 1690. The number of hydrogen-bond donors (Lipinski definition) is 1. The largest absolute Gasteiger partial charge is 0.511 e. The van der Waals surface area contributed by atoms with Gasteiger partial charge in [-0.15, -0.1) is 0 Å². The van der Waals surface area contributed by atoms with Crippen LogP contribution in [-0.4, -0.2) is 73.1 Å². The van der Waals surface area contributed by atoms with Crippen LogP contribution in [0.4, 0.5) is 18.9 Å². The van der Waals surface area contributed by atoms with E-state index in [1.165, 1.54) is 31.5 Å². The number of sulfone groups is 1. The van der Waals surface area contributed by atoms with E-state index in [2.05, 4.69) is 26.3 Å². The number of sulfonamides is 1. The first-order valence-electron chi connectivity index (χ1n) is 11.4. The summed E-state index contributed by atoms with van der Waals surface area (Å²) in [7, 11) is -9.00. The van der Waals surface area contributed by atoms with Crippen LogP contribution in [0.25, 0.3) is 10.9 Å². The third-order valence-electron chi connectivity index (χ3n) is 6.18. The highest BCUT2D eigenvalue weighted by molar-refractivity contribution is 9.10. The lowest BCUT2D eigenvalue weighted by atomic mass is 10.1. The van der Waals surface area contributed by atoms with Crippen molar-refractivity contribution in [3.8, 4) is 0 Å². The van der Waals surface area contributed by atoms with Gasteiger partial charge >= 0.3 is 15.5 Å². The number of benzene rings is 2. The maximum absolute atomic E-state index is 13.2. The maximum Gasteiger partial charge on any atom is 0.511 e. The normalized spacial score (nSPS) is 16.1. The van der Waals surface area contributed by atoms with Gasteiger partial charge in [0, 0.05) is 42.2 Å². The smallest absolute Gasteiger partial charge is 0.296 e. The lowest BCUT2D eigenvalue weighted by Gasteiger charge is -2.34. The average Bonchev–Trinajstić information content (AvgIpc) is 2.86. The summed E-state index contributed by atoms with van der Waals surface area (Å²) < 4.78 is 88.8. The van der Waals surface area contributed by atoms with Crippen LogP contribution in [0.15, 0.2) is 50.8 Å². The number of nitrogens with one attached hydrogen (secondary N) is 1. The third-order valence-corrected chi connectivity index (χ3v) is 10.6. The molecule has 1 aromatic heterocycles. The molecule has 0 saturated carbocycles. The molecule has 212 valence electrons. The molecule has 0 radical (unpaired) electrons. The van der Waals surface area contributed by atoms with Crippen molar-refractivity contribution < 1.29 is 30.0 Å². The molecule has 0 aliphatic carbocycles. The highest BCUT2D eigenvalue weighted by Crippen LogP contribution is 2.29. The van der Waals surface area contributed by atoms with E-state index in [9.17, 15) is 34.8 Å². The Morgan fingerprint density at radius 1 is 1.08 bits per heavy atom. The summed E-state index contributed by atoms with van der Waals surface area (Å²) >= 11 is 9.47. The monoisotopic (exact) mass is 671 g/mol. The second-order valence-corrected chi connectivity index (χ2v) is 14.1. The average molecular weight is 673 g/mol. The van der Waals surface area contributed by atoms with Gasteiger partial charge in [-0.05, 0) is 35.9 Å². The molecule has 0 atom stereocenters. The zero-order valence-corrected chi connectivity index (χ0v) is 24.2. The lowest BCUT2D eigenvalue weighted by molar-refractivity contribution is -0.0500. The van der Waals surface area contributed by atoms with Crippen LogP contribution < -0.4 is 11.0 Å². The number of nitrogens with zero attached hydrogens (tertiary/aromatic N) is 4. The van der Waals surface area contributed by atoms with Crippen molar-refractivity contribution >= 4 is 64.0 Å². The van der Waals surface area contributed by atoms with Gasteiger partial charge in [-0.1, -0.05) is 34.5 Å². The Kier molecular flexibility index (Phi) is 8.36. The van der Waals surface area contributed by atoms with Gasteiger partial charge in [0.2, 0.25) is 0 Å². The third kappa shape index (κ3) is 6.10. The number of rotatable bonds is 7. The molecule has 0 spiro atoms. The summed E-state index contributed by atoms with van der Waals surface area (Å²) in [5.74, 6) is -0.156. The summed E-state index contributed by atoms with van der Waals surface area (Å²) in [6.45, 7) is 1.33. The maximum atomic E-state index is 13.2. The van der Waals surface area contributed by atoms with Gasteiger partial charge in [-0.2, -0.15) is 17.5 Å². The molecule has 0 unspecified atom stereocenters. The fraction of sp³-hybridized carbons (Fsp3) is 0.364. The van der Waals surface area contributed by atoms with Crippen molar-refractivity contribution in [2.75, 3.05) is 37.4 Å². The van der Waals surface area contributed by atoms with E-state index < -0.39 is 30.9 Å². The highest BCUT2D eigenvalue weighted by atomic mass is 79.9. The Hall–Kier alpha value is -2.24. The number of hydrogen-bond acceptors (Lipinski definition) is 8. The van der Waals surface area contributed by atoms with Crippen LogP contribution in [0.2, 0.25) is 5.02 Å². The fourth-order valence-electron chi connectivity index (χ4n) is 4.05. The number of piperazine rings is 1. The van der Waals surface area contributed by atoms with E-state index in [4.69, 9.17) is 11.6 Å². The second-order valence-electron chi connectivity index (χ2n) is 8.66. The molecule has 0 amide bonds. The van der Waals surface area contributed by atoms with E-state index >= 15 is 0 Å². The van der Waals surface area contributed by atoms with Crippen LogP contribution in [0.1, 0.15) is 12.5 Å². The minimum absolute atomic E-state index is 0.0268. The molecule has 1 aliphatic rings. The summed E-state index contributed by atoms with van der Waals surface area (Å²) in [4.78, 5) is 19.3. The number of halogens is 5. The first kappa shape index (κ1) is 29.7. The number of alkyl halides is 3. The Balaban J connectivity index is 1.57. The van der Waals surface area contributed by atoms with Gasteiger partial charge in [0.15, 0.2) is 9.84 Å². The van der Waals surface area contributed by atoms with Crippen LogP contribution in [0, 0.1) is 0 Å². The van der Waals surface area contributed by atoms with E-state index in [0.29, 0.717) is 19.9 Å². The summed E-state index contributed by atoms with van der Waals surface area (Å²) in [5.41, 5.74) is -1.96. The van der Waals surface area contributed by atoms with Crippen molar-refractivity contribution in [3.05, 3.63) is 62.1 Å². The molecule has 17 heteroatoms. The van der Waals surface area contributed by atoms with Crippen LogP contribution in [0.5, 0.6) is 0 Å². The highest BCUT2D eigenvalue weighted by Gasteiger charge is 2.50. The quantitative estimate of drug-likeness (QED) is 0.405. The van der Waals surface area contributed by atoms with E-state index in [-0.39, 0.29) is 59.5 Å². The molecule has 3 aromatic rings. The topological polar surface area (TPSA) is 122 Å². The van der Waals surface area contributed by atoms with Crippen molar-refractivity contribution in [3.63, 3.8) is 0 Å². The zero-order valence-electron chi connectivity index (χ0n) is 20.2. The predicted octanol–water partition coefficient (Wildman–Crippen LogP) is 3.45. The van der Waals surface area contributed by atoms with E-state index in [0.717, 1.165) is 4.68 Å². The fourth-order valence-corrected chi connectivity index (χ4v) is 6.65. The van der Waals surface area contributed by atoms with Gasteiger partial charge < -0.3 is 0 Å². The number of aromatic nitrogens is 2. The molecule has 1 saturated heterocycles. The molecule has 0 bridgehead atoms. The molecule has 1 aliphatic heterocycles. The molecule has 1 N–H and O–H groups in total. The number of fused-ring (bicyclic) bond motifs is 1. The van der Waals surface area contributed by atoms with Gasteiger partial charge in [-0.3, -0.25) is 15.1 Å². The minimum Gasteiger partial charge on any atom is -0.296 e. The van der Waals surface area contributed by atoms with Gasteiger partial charge in [0.1, 0.15) is 6.33 Å². The van der Waals surface area contributed by atoms with Crippen LogP contribution >= 0.6 is 27.5 Å². The minimum atomic E-state index is -5.38. The van der Waals surface area contributed by atoms with Gasteiger partial charge in [0.05, 0.1) is 27.2 Å². The molecule has 39 heavy (non-hydrogen) atoms. The molecule has 10 nitrogen and oxygen atoms in total. The van der Waals surface area contributed by atoms with E-state index in [1.807, 2.05) is 0 Å². The molecular weight excluding hydrogens is 651 g/mol. The van der Waals surface area contributed by atoms with Crippen LogP contribution in [-0.2, 0) is 26.4 Å². The summed E-state index contributed by atoms with van der Waals surface area (Å²) in [6.07, 6.45) is 1.20. The summed E-state index contributed by atoms with van der Waals surface area (Å²) in [6, 6.07) is 7.37. The van der Waals surface area contributed by atoms with Crippen molar-refractivity contribution in [1.29, 1.82) is 0 Å². The second kappa shape index (κ2) is 11.0. The first-order chi connectivity index (χ1) is 18.1. The predicted molar refractivity (Wildman–Crippen MR) is 144 cm³/mol. The van der Waals surface area contributed by atoms with Gasteiger partial charge in [-0.25, -0.2) is 26.5 Å². The summed E-state index contributed by atoms with van der Waals surface area (Å²) in [5, 5.41) is 0.474. The van der Waals surface area contributed by atoms with E-state index in [1.54, 1.807) is 17.0 Å². The lowest BCUT2D eigenvalue weighted by Crippen LogP contribution is -2.51. The SMILES string of the molecule is CCS(=O)(=O)c1ccc(Cl)cc1Nn1cnc2cc(CN3CCN(S(=O)(=O)C(F)(F)F)CC3)c(Br)cc2c1=O. The molecule has 4 rings (SSSR count). The Morgan fingerprint density at radius 3 is 2.36 bits per heavy atom. The Labute approximate surface area is 235 Å². The molecule has 1 fully saturated rings. The Morgan fingerprint density at radius 2 is 1.74 bits per heavy atom. The van der Waals surface area contributed by atoms with Gasteiger partial charge in [0.25, 0.3) is 5.56 Å². The standard InChI is InChI=1S/C22H22BrClF3N5O5S2/c1-2-38(34,35)20-4-3-15(24)10-19(20)29-32-13-28-18-9-14(17(23)11-16(18)21(32)33)12-30-5-7-31(8-6-30)39(36,37)22(25,26)27/h3-4,9-11,13,29H,2,5-8,12H2,1H3. The van der Waals surface area contributed by atoms with Crippen molar-refractivity contribution in [1.82, 2.24) is 18.9 Å². The van der Waals surface area contributed by atoms with Crippen LogP contribution in [0.3, 0.4) is 0 Å². The molecular formula is C22H22BrClF3N5O5S2. The van der Waals surface area contributed by atoms with Crippen molar-refractivity contribution in [2.45, 2.75) is 23.9 Å². The molecule has 2 aromatic carbocycles. The first-order valence-corrected chi connectivity index (χ1v) is 15.7. The number of anilines is 1.